The lowest BCUT2D eigenvalue weighted by Gasteiger charge is -2.19. The van der Waals surface area contributed by atoms with Crippen molar-refractivity contribution in [3.05, 3.63) is 0 Å². The maximum atomic E-state index is 12.2. The van der Waals surface area contributed by atoms with Crippen molar-refractivity contribution in [1.82, 2.24) is 10.6 Å². The summed E-state index contributed by atoms with van der Waals surface area (Å²) in [5.74, 6) is 1.36. The van der Waals surface area contributed by atoms with Crippen LogP contribution in [0.2, 0.25) is 0 Å². The molecule has 2 N–H and O–H groups in total. The monoisotopic (exact) mass is 290 g/mol. The molecule has 1 unspecified atom stereocenters. The number of rotatable bonds is 9. The van der Waals surface area contributed by atoms with Gasteiger partial charge in [-0.2, -0.15) is 0 Å². The first-order valence-electron chi connectivity index (χ1n) is 7.70. The van der Waals surface area contributed by atoms with E-state index in [4.69, 9.17) is 0 Å². The summed E-state index contributed by atoms with van der Waals surface area (Å²) >= 11 is 0. The highest BCUT2D eigenvalue weighted by Crippen LogP contribution is 2.31. The summed E-state index contributed by atoms with van der Waals surface area (Å²) in [5.41, 5.74) is 0. The van der Waals surface area contributed by atoms with Crippen LogP contribution in [0.1, 0.15) is 58.3 Å². The Kier molecular flexibility index (Phi) is 11.4. The molecular weight excluding hydrogens is 260 g/mol. The van der Waals surface area contributed by atoms with Gasteiger partial charge < -0.3 is 10.6 Å². The van der Waals surface area contributed by atoms with Crippen LogP contribution in [0.3, 0.4) is 0 Å². The summed E-state index contributed by atoms with van der Waals surface area (Å²) in [6.45, 7) is 3.96. The van der Waals surface area contributed by atoms with Gasteiger partial charge in [0.05, 0.1) is 0 Å². The number of carbonyl (C=O) groups is 1. The van der Waals surface area contributed by atoms with Crippen molar-refractivity contribution in [2.24, 2.45) is 11.8 Å². The molecule has 1 atom stereocenters. The van der Waals surface area contributed by atoms with Crippen molar-refractivity contribution in [2.45, 2.75) is 58.3 Å². The first kappa shape index (κ1) is 18.7. The van der Waals surface area contributed by atoms with E-state index in [1.165, 1.54) is 25.7 Å². The standard InChI is InChI=1S/C15H30N2O.ClH/c1-3-7-14(12-13-8-4-5-9-13)15(18)17-11-6-10-16-2;/h13-14,16H,3-12H2,1-2H3,(H,17,18);1H. The Bertz CT molecular complexity index is 230. The second kappa shape index (κ2) is 11.5. The fourth-order valence-corrected chi connectivity index (χ4v) is 2.97. The van der Waals surface area contributed by atoms with E-state index in [2.05, 4.69) is 17.6 Å². The Morgan fingerprint density at radius 3 is 2.53 bits per heavy atom. The minimum absolute atomic E-state index is 0. The van der Waals surface area contributed by atoms with Crippen LogP contribution in [0.15, 0.2) is 0 Å². The van der Waals surface area contributed by atoms with Crippen molar-refractivity contribution in [1.29, 1.82) is 0 Å². The van der Waals surface area contributed by atoms with Crippen LogP contribution in [-0.4, -0.2) is 26.0 Å². The van der Waals surface area contributed by atoms with Crippen molar-refractivity contribution in [3.63, 3.8) is 0 Å². The summed E-state index contributed by atoms with van der Waals surface area (Å²) in [6.07, 6.45) is 9.72. The first-order chi connectivity index (χ1) is 8.77. The number of hydrogen-bond acceptors (Lipinski definition) is 2. The van der Waals surface area contributed by atoms with Gasteiger partial charge in [-0.3, -0.25) is 4.79 Å². The van der Waals surface area contributed by atoms with E-state index in [1.807, 2.05) is 7.05 Å². The van der Waals surface area contributed by atoms with Crippen LogP contribution < -0.4 is 10.6 Å². The smallest absolute Gasteiger partial charge is 0.223 e. The molecule has 0 aliphatic heterocycles. The first-order valence-corrected chi connectivity index (χ1v) is 7.70. The van der Waals surface area contributed by atoms with E-state index in [1.54, 1.807) is 0 Å². The summed E-state index contributed by atoms with van der Waals surface area (Å²) in [5, 5.41) is 6.20. The fraction of sp³-hybridized carbons (Fsp3) is 0.933. The van der Waals surface area contributed by atoms with E-state index in [0.29, 0.717) is 5.91 Å². The lowest BCUT2D eigenvalue weighted by molar-refractivity contribution is -0.125. The van der Waals surface area contributed by atoms with Crippen LogP contribution in [-0.2, 0) is 4.79 Å². The molecule has 4 heteroatoms. The zero-order valence-corrected chi connectivity index (χ0v) is 13.4. The van der Waals surface area contributed by atoms with Crippen molar-refractivity contribution in [3.8, 4) is 0 Å². The van der Waals surface area contributed by atoms with Crippen molar-refractivity contribution >= 4 is 18.3 Å². The van der Waals surface area contributed by atoms with Gasteiger partial charge in [0.2, 0.25) is 5.91 Å². The third kappa shape index (κ3) is 7.78. The van der Waals surface area contributed by atoms with Crippen molar-refractivity contribution in [2.75, 3.05) is 20.1 Å². The second-order valence-electron chi connectivity index (χ2n) is 5.62. The maximum absolute atomic E-state index is 12.2. The average molecular weight is 291 g/mol. The van der Waals surface area contributed by atoms with Gasteiger partial charge in [0, 0.05) is 12.5 Å². The SMILES string of the molecule is CCCC(CC1CCCC1)C(=O)NCCCNC.Cl. The molecule has 0 heterocycles. The minimum Gasteiger partial charge on any atom is -0.356 e. The molecule has 1 saturated carbocycles. The van der Waals surface area contributed by atoms with E-state index in [0.717, 1.165) is 44.7 Å². The van der Waals surface area contributed by atoms with E-state index in [9.17, 15) is 4.79 Å². The summed E-state index contributed by atoms with van der Waals surface area (Å²) in [7, 11) is 1.95. The van der Waals surface area contributed by atoms with Gasteiger partial charge in [-0.05, 0) is 38.8 Å². The molecule has 0 spiro atoms. The van der Waals surface area contributed by atoms with Crippen LogP contribution in [0, 0.1) is 11.8 Å². The molecule has 0 saturated heterocycles. The Morgan fingerprint density at radius 2 is 1.95 bits per heavy atom. The quantitative estimate of drug-likeness (QED) is 0.641. The Balaban J connectivity index is 0.00000324. The van der Waals surface area contributed by atoms with Gasteiger partial charge in [-0.15, -0.1) is 12.4 Å². The Hall–Kier alpha value is -0.280. The molecule has 19 heavy (non-hydrogen) atoms. The third-order valence-electron chi connectivity index (χ3n) is 4.00. The third-order valence-corrected chi connectivity index (χ3v) is 4.00. The van der Waals surface area contributed by atoms with Crippen LogP contribution in [0.5, 0.6) is 0 Å². The van der Waals surface area contributed by atoms with E-state index >= 15 is 0 Å². The summed E-state index contributed by atoms with van der Waals surface area (Å²) in [4.78, 5) is 12.2. The molecule has 3 nitrogen and oxygen atoms in total. The van der Waals surface area contributed by atoms with Gasteiger partial charge in [-0.25, -0.2) is 0 Å². The largest absolute Gasteiger partial charge is 0.356 e. The minimum atomic E-state index is 0. The highest BCUT2D eigenvalue weighted by Gasteiger charge is 2.24. The molecule has 1 aliphatic carbocycles. The van der Waals surface area contributed by atoms with Gasteiger partial charge >= 0.3 is 0 Å². The summed E-state index contributed by atoms with van der Waals surface area (Å²) in [6, 6.07) is 0. The molecule has 1 rings (SSSR count). The molecule has 114 valence electrons. The molecule has 0 aromatic carbocycles. The molecule has 1 aliphatic rings. The number of amides is 1. The highest BCUT2D eigenvalue weighted by molar-refractivity contribution is 5.85. The summed E-state index contributed by atoms with van der Waals surface area (Å²) < 4.78 is 0. The molecule has 0 aromatic heterocycles. The zero-order valence-electron chi connectivity index (χ0n) is 12.5. The highest BCUT2D eigenvalue weighted by atomic mass is 35.5. The maximum Gasteiger partial charge on any atom is 0.223 e. The predicted molar refractivity (Wildman–Crippen MR) is 83.8 cm³/mol. The predicted octanol–water partition coefficient (Wildman–Crippen LogP) is 3.13. The van der Waals surface area contributed by atoms with Gasteiger partial charge in [0.25, 0.3) is 0 Å². The van der Waals surface area contributed by atoms with E-state index < -0.39 is 0 Å². The number of halogens is 1. The molecule has 0 aromatic rings. The number of hydrogen-bond donors (Lipinski definition) is 2. The molecule has 1 amide bonds. The zero-order chi connectivity index (χ0) is 13.2. The topological polar surface area (TPSA) is 41.1 Å². The fourth-order valence-electron chi connectivity index (χ4n) is 2.97. The van der Waals surface area contributed by atoms with Gasteiger partial charge in [0.1, 0.15) is 0 Å². The molecule has 0 radical (unpaired) electrons. The van der Waals surface area contributed by atoms with Gasteiger partial charge in [0.15, 0.2) is 0 Å². The molecule has 1 fully saturated rings. The number of carbonyl (C=O) groups excluding carboxylic acids is 1. The second-order valence-corrected chi connectivity index (χ2v) is 5.62. The molecule has 0 bridgehead atoms. The van der Waals surface area contributed by atoms with Crippen LogP contribution in [0.25, 0.3) is 0 Å². The lowest BCUT2D eigenvalue weighted by atomic mass is 9.89. The average Bonchev–Trinajstić information content (AvgIpc) is 2.87. The van der Waals surface area contributed by atoms with Crippen LogP contribution in [0.4, 0.5) is 0 Å². The van der Waals surface area contributed by atoms with Gasteiger partial charge in [-0.1, -0.05) is 39.0 Å². The lowest BCUT2D eigenvalue weighted by Crippen LogP contribution is -2.33. The number of nitrogens with one attached hydrogen (secondary N) is 2. The van der Waals surface area contributed by atoms with Crippen LogP contribution >= 0.6 is 12.4 Å². The Morgan fingerprint density at radius 1 is 1.26 bits per heavy atom. The van der Waals surface area contributed by atoms with Crippen molar-refractivity contribution < 1.29 is 4.79 Å². The normalized spacial score (nSPS) is 16.9. The Labute approximate surface area is 124 Å². The van der Waals surface area contributed by atoms with E-state index in [-0.39, 0.29) is 18.3 Å². The molecular formula is C15H31ClN2O.